The van der Waals surface area contributed by atoms with Gasteiger partial charge in [0.25, 0.3) is 0 Å². The lowest BCUT2D eigenvalue weighted by Crippen LogP contribution is -2.48. The number of hydrogen-bond acceptors (Lipinski definition) is 5. The largest absolute Gasteiger partial charge is 0.397 e. The van der Waals surface area contributed by atoms with E-state index in [1.165, 1.54) is 26.2 Å². The number of nitrogens with one attached hydrogen (secondary N) is 1. The maximum atomic E-state index is 12.0. The molecule has 0 spiro atoms. The molecule has 2 rings (SSSR count). The summed E-state index contributed by atoms with van der Waals surface area (Å²) in [7, 11) is -0.523. The van der Waals surface area contributed by atoms with E-state index in [-0.39, 0.29) is 17.0 Å². The molecule has 6 nitrogen and oxygen atoms in total. The molecule has 1 saturated carbocycles. The minimum Gasteiger partial charge on any atom is -0.397 e. The molecule has 0 aromatic heterocycles. The third-order valence-corrected chi connectivity index (χ3v) is 5.63. The Morgan fingerprint density at radius 3 is 2.45 bits per heavy atom. The number of nitrogen functional groups attached to an aromatic ring is 1. The second-order valence-electron chi connectivity index (χ2n) is 5.45. The third kappa shape index (κ3) is 2.61. The van der Waals surface area contributed by atoms with Crippen molar-refractivity contribution in [2.45, 2.75) is 29.7 Å². The van der Waals surface area contributed by atoms with Crippen LogP contribution in [0.3, 0.4) is 0 Å². The summed E-state index contributed by atoms with van der Waals surface area (Å²) in [6, 6.07) is 4.63. The van der Waals surface area contributed by atoms with E-state index in [4.69, 9.17) is 5.73 Å². The third-order valence-electron chi connectivity index (χ3n) is 3.81. The molecule has 1 fully saturated rings. The summed E-state index contributed by atoms with van der Waals surface area (Å²) in [5.74, 6) is 0. The first-order valence-electron chi connectivity index (χ1n) is 6.52. The van der Waals surface area contributed by atoms with Crippen molar-refractivity contribution >= 4 is 21.4 Å². The number of nitrogens with two attached hydrogens (primary N) is 1. The number of anilines is 2. The van der Waals surface area contributed by atoms with Gasteiger partial charge >= 0.3 is 0 Å². The molecule has 0 radical (unpaired) electrons. The van der Waals surface area contributed by atoms with E-state index >= 15 is 0 Å². The maximum absolute atomic E-state index is 12.0. The van der Waals surface area contributed by atoms with Crippen molar-refractivity contribution < 1.29 is 13.5 Å². The van der Waals surface area contributed by atoms with Crippen LogP contribution in [0.2, 0.25) is 0 Å². The fourth-order valence-electron chi connectivity index (χ4n) is 2.24. The number of sulfonamides is 1. The molecule has 4 N–H and O–H groups in total. The zero-order valence-corrected chi connectivity index (χ0v) is 12.6. The summed E-state index contributed by atoms with van der Waals surface area (Å²) in [4.78, 5) is 0.164. The SMILES string of the molecule is CN(C)S(=O)(=O)c1ccc(NC2(CO)CCC2)c(N)c1. The van der Waals surface area contributed by atoms with Crippen molar-refractivity contribution in [2.24, 2.45) is 0 Å². The molecule has 0 unspecified atom stereocenters. The molecule has 112 valence electrons. The highest BCUT2D eigenvalue weighted by atomic mass is 32.2. The Hall–Kier alpha value is -1.31. The fourth-order valence-corrected chi connectivity index (χ4v) is 3.18. The second-order valence-corrected chi connectivity index (χ2v) is 7.61. The monoisotopic (exact) mass is 299 g/mol. The minimum absolute atomic E-state index is 0.0458. The number of nitrogens with zero attached hydrogens (tertiary/aromatic N) is 1. The number of aliphatic hydroxyl groups excluding tert-OH is 1. The van der Waals surface area contributed by atoms with Crippen molar-refractivity contribution in [1.29, 1.82) is 0 Å². The number of hydrogen-bond donors (Lipinski definition) is 3. The zero-order valence-electron chi connectivity index (χ0n) is 11.8. The van der Waals surface area contributed by atoms with Gasteiger partial charge in [0.05, 0.1) is 28.4 Å². The standard InChI is InChI=1S/C13H21N3O3S/c1-16(2)20(18,19)10-4-5-12(11(14)8-10)15-13(9-17)6-3-7-13/h4-5,8,15,17H,3,6-7,9,14H2,1-2H3. The molecule has 0 atom stereocenters. The molecule has 0 aliphatic heterocycles. The second kappa shape index (κ2) is 5.23. The van der Waals surface area contributed by atoms with Crippen molar-refractivity contribution in [3.63, 3.8) is 0 Å². The van der Waals surface area contributed by atoms with Crippen LogP contribution in [0.15, 0.2) is 23.1 Å². The topological polar surface area (TPSA) is 95.7 Å². The number of aliphatic hydroxyl groups is 1. The van der Waals surface area contributed by atoms with Crippen LogP contribution in [-0.2, 0) is 10.0 Å². The van der Waals surface area contributed by atoms with Gasteiger partial charge in [0, 0.05) is 14.1 Å². The lowest BCUT2D eigenvalue weighted by molar-refractivity contribution is 0.144. The lowest BCUT2D eigenvalue weighted by Gasteiger charge is -2.42. The molecular formula is C13H21N3O3S. The Kier molecular flexibility index (Phi) is 3.95. The summed E-state index contributed by atoms with van der Waals surface area (Å²) in [6.45, 7) is 0.0458. The molecule has 1 aliphatic rings. The summed E-state index contributed by atoms with van der Waals surface area (Å²) in [6.07, 6.45) is 2.85. The van der Waals surface area contributed by atoms with Gasteiger partial charge < -0.3 is 16.2 Å². The van der Waals surface area contributed by atoms with Crippen molar-refractivity contribution in [2.75, 3.05) is 31.8 Å². The van der Waals surface area contributed by atoms with Crippen LogP contribution >= 0.6 is 0 Å². The highest BCUT2D eigenvalue weighted by molar-refractivity contribution is 7.89. The van der Waals surface area contributed by atoms with Gasteiger partial charge in [0.15, 0.2) is 0 Å². The van der Waals surface area contributed by atoms with Crippen LogP contribution in [0, 0.1) is 0 Å². The normalized spacial score (nSPS) is 17.8. The van der Waals surface area contributed by atoms with Gasteiger partial charge in [-0.3, -0.25) is 0 Å². The summed E-state index contributed by atoms with van der Waals surface area (Å²) in [5, 5.41) is 12.7. The van der Waals surface area contributed by atoms with E-state index in [1.807, 2.05) is 0 Å². The van der Waals surface area contributed by atoms with E-state index in [0.717, 1.165) is 23.6 Å². The first-order chi connectivity index (χ1) is 9.31. The van der Waals surface area contributed by atoms with Gasteiger partial charge in [-0.15, -0.1) is 0 Å². The molecule has 1 aromatic rings. The van der Waals surface area contributed by atoms with Crippen LogP contribution in [0.5, 0.6) is 0 Å². The predicted octanol–water partition coefficient (Wildman–Crippen LogP) is 0.846. The Morgan fingerprint density at radius 1 is 1.40 bits per heavy atom. The molecule has 0 amide bonds. The number of benzene rings is 1. The van der Waals surface area contributed by atoms with Gasteiger partial charge in [0.1, 0.15) is 0 Å². The van der Waals surface area contributed by atoms with E-state index < -0.39 is 10.0 Å². The Labute approximate surface area is 119 Å². The smallest absolute Gasteiger partial charge is 0.242 e. The van der Waals surface area contributed by atoms with Crippen LogP contribution < -0.4 is 11.1 Å². The summed E-state index contributed by atoms with van der Waals surface area (Å²) < 4.78 is 25.2. The molecule has 0 saturated heterocycles. The van der Waals surface area contributed by atoms with Gasteiger partial charge in [-0.1, -0.05) is 0 Å². The van der Waals surface area contributed by atoms with Crippen LogP contribution in [-0.4, -0.2) is 44.1 Å². The average molecular weight is 299 g/mol. The van der Waals surface area contributed by atoms with Gasteiger partial charge in [-0.05, 0) is 37.5 Å². The van der Waals surface area contributed by atoms with Crippen LogP contribution in [0.1, 0.15) is 19.3 Å². The average Bonchev–Trinajstić information content (AvgIpc) is 2.35. The Bertz CT molecular complexity index is 589. The minimum atomic E-state index is -3.48. The molecular weight excluding hydrogens is 278 g/mol. The first-order valence-corrected chi connectivity index (χ1v) is 7.96. The molecule has 0 bridgehead atoms. The molecule has 1 aromatic carbocycles. The molecule has 7 heteroatoms. The molecule has 0 heterocycles. The van der Waals surface area contributed by atoms with Crippen LogP contribution in [0.25, 0.3) is 0 Å². The summed E-state index contributed by atoms with van der Waals surface area (Å²) in [5.41, 5.74) is 6.65. The van der Waals surface area contributed by atoms with Crippen LogP contribution in [0.4, 0.5) is 11.4 Å². The van der Waals surface area contributed by atoms with Crippen molar-refractivity contribution in [3.8, 4) is 0 Å². The predicted molar refractivity (Wildman–Crippen MR) is 79.0 cm³/mol. The van der Waals surface area contributed by atoms with E-state index in [0.29, 0.717) is 11.4 Å². The maximum Gasteiger partial charge on any atom is 0.242 e. The lowest BCUT2D eigenvalue weighted by atomic mass is 9.77. The molecule has 1 aliphatic carbocycles. The van der Waals surface area contributed by atoms with Gasteiger partial charge in [-0.2, -0.15) is 0 Å². The zero-order chi connectivity index (χ0) is 15.0. The summed E-state index contributed by atoms with van der Waals surface area (Å²) >= 11 is 0. The fraction of sp³-hybridized carbons (Fsp3) is 0.538. The van der Waals surface area contributed by atoms with Gasteiger partial charge in [0.2, 0.25) is 10.0 Å². The highest BCUT2D eigenvalue weighted by Crippen LogP contribution is 2.36. The van der Waals surface area contributed by atoms with E-state index in [1.54, 1.807) is 6.07 Å². The molecule has 20 heavy (non-hydrogen) atoms. The quantitative estimate of drug-likeness (QED) is 0.700. The van der Waals surface area contributed by atoms with Crippen molar-refractivity contribution in [1.82, 2.24) is 4.31 Å². The highest BCUT2D eigenvalue weighted by Gasteiger charge is 2.36. The Balaban J connectivity index is 2.27. The van der Waals surface area contributed by atoms with E-state index in [9.17, 15) is 13.5 Å². The van der Waals surface area contributed by atoms with Gasteiger partial charge in [-0.25, -0.2) is 12.7 Å². The first kappa shape index (κ1) is 15.1. The van der Waals surface area contributed by atoms with E-state index in [2.05, 4.69) is 5.32 Å². The van der Waals surface area contributed by atoms with Crippen molar-refractivity contribution in [3.05, 3.63) is 18.2 Å². The number of rotatable bonds is 5. The Morgan fingerprint density at radius 2 is 2.05 bits per heavy atom.